The summed E-state index contributed by atoms with van der Waals surface area (Å²) in [5.74, 6) is -0.138. The minimum absolute atomic E-state index is 0.138. The van der Waals surface area contributed by atoms with Crippen LogP contribution in [0.25, 0.3) is 11.3 Å². The predicted molar refractivity (Wildman–Crippen MR) is 84.5 cm³/mol. The molecule has 0 radical (unpaired) electrons. The van der Waals surface area contributed by atoms with E-state index in [9.17, 15) is 4.79 Å². The van der Waals surface area contributed by atoms with Gasteiger partial charge in [-0.05, 0) is 45.3 Å². The van der Waals surface area contributed by atoms with Crippen molar-refractivity contribution in [3.8, 4) is 11.3 Å². The van der Waals surface area contributed by atoms with E-state index in [-0.39, 0.29) is 5.91 Å². The molecular formula is C15H19ClN4O. The third-order valence-electron chi connectivity index (χ3n) is 3.03. The Labute approximate surface area is 129 Å². The minimum atomic E-state index is -0.138. The SMILES string of the molecule is CN(C)CCCNC(=O)c1cc(-c2ccc(Cl)cc2)n[nH]1. The zero-order valence-corrected chi connectivity index (χ0v) is 12.9. The molecule has 112 valence electrons. The number of nitrogens with one attached hydrogen (secondary N) is 2. The molecule has 5 nitrogen and oxygen atoms in total. The van der Waals surface area contributed by atoms with Gasteiger partial charge in [0.15, 0.2) is 0 Å². The molecule has 2 rings (SSSR count). The maximum Gasteiger partial charge on any atom is 0.269 e. The molecule has 0 spiro atoms. The van der Waals surface area contributed by atoms with Gasteiger partial charge in [0.1, 0.15) is 5.69 Å². The Bertz CT molecular complexity index is 592. The van der Waals surface area contributed by atoms with Crippen LogP contribution in [0, 0.1) is 0 Å². The molecule has 0 saturated heterocycles. The lowest BCUT2D eigenvalue weighted by Gasteiger charge is -2.09. The number of nitrogens with zero attached hydrogens (tertiary/aromatic N) is 2. The van der Waals surface area contributed by atoms with E-state index in [1.165, 1.54) is 0 Å². The molecule has 0 atom stereocenters. The maximum atomic E-state index is 12.0. The summed E-state index contributed by atoms with van der Waals surface area (Å²) in [6.07, 6.45) is 0.914. The fourth-order valence-corrected chi connectivity index (χ4v) is 2.02. The molecular weight excluding hydrogens is 288 g/mol. The molecule has 1 amide bonds. The summed E-state index contributed by atoms with van der Waals surface area (Å²) in [5, 5.41) is 10.5. The average molecular weight is 307 g/mol. The first kappa shape index (κ1) is 15.5. The lowest BCUT2D eigenvalue weighted by atomic mass is 10.1. The van der Waals surface area contributed by atoms with Gasteiger partial charge in [-0.15, -0.1) is 0 Å². The van der Waals surface area contributed by atoms with Crippen LogP contribution in [0.5, 0.6) is 0 Å². The van der Waals surface area contributed by atoms with E-state index in [0.717, 1.165) is 24.2 Å². The van der Waals surface area contributed by atoms with Crippen LogP contribution in [0.3, 0.4) is 0 Å². The first-order valence-electron chi connectivity index (χ1n) is 6.80. The van der Waals surface area contributed by atoms with E-state index in [4.69, 9.17) is 11.6 Å². The summed E-state index contributed by atoms with van der Waals surface area (Å²) in [7, 11) is 4.02. The van der Waals surface area contributed by atoms with Crippen molar-refractivity contribution in [2.75, 3.05) is 27.2 Å². The van der Waals surface area contributed by atoms with Gasteiger partial charge in [-0.2, -0.15) is 5.10 Å². The molecule has 0 bridgehead atoms. The number of halogens is 1. The number of H-pyrrole nitrogens is 1. The van der Waals surface area contributed by atoms with Gasteiger partial charge in [0.2, 0.25) is 0 Å². The largest absolute Gasteiger partial charge is 0.351 e. The van der Waals surface area contributed by atoms with Gasteiger partial charge < -0.3 is 10.2 Å². The second kappa shape index (κ2) is 7.24. The highest BCUT2D eigenvalue weighted by molar-refractivity contribution is 6.30. The number of hydrogen-bond acceptors (Lipinski definition) is 3. The first-order valence-corrected chi connectivity index (χ1v) is 7.18. The molecule has 0 aliphatic heterocycles. The highest BCUT2D eigenvalue weighted by Gasteiger charge is 2.10. The second-order valence-electron chi connectivity index (χ2n) is 5.09. The molecule has 21 heavy (non-hydrogen) atoms. The van der Waals surface area contributed by atoms with Crippen LogP contribution in [-0.4, -0.2) is 48.2 Å². The molecule has 2 aromatic rings. The van der Waals surface area contributed by atoms with E-state index < -0.39 is 0 Å². The quantitative estimate of drug-likeness (QED) is 0.806. The number of aromatic nitrogens is 2. The summed E-state index contributed by atoms with van der Waals surface area (Å²) in [6, 6.07) is 9.08. The van der Waals surface area contributed by atoms with Crippen molar-refractivity contribution in [3.05, 3.63) is 41.0 Å². The lowest BCUT2D eigenvalue weighted by molar-refractivity contribution is 0.0947. The van der Waals surface area contributed by atoms with E-state index in [1.54, 1.807) is 18.2 Å². The first-order chi connectivity index (χ1) is 10.1. The van der Waals surface area contributed by atoms with E-state index in [1.807, 2.05) is 26.2 Å². The van der Waals surface area contributed by atoms with Crippen molar-refractivity contribution in [2.24, 2.45) is 0 Å². The van der Waals surface area contributed by atoms with Gasteiger partial charge in [0.25, 0.3) is 5.91 Å². The predicted octanol–water partition coefficient (Wildman–Crippen LogP) is 2.41. The Kier molecular flexibility index (Phi) is 5.36. The van der Waals surface area contributed by atoms with Crippen molar-refractivity contribution in [3.63, 3.8) is 0 Å². The van der Waals surface area contributed by atoms with Crippen LogP contribution in [0.15, 0.2) is 30.3 Å². The van der Waals surface area contributed by atoms with Crippen molar-refractivity contribution in [1.82, 2.24) is 20.4 Å². The fraction of sp³-hybridized carbons (Fsp3) is 0.333. The molecule has 2 N–H and O–H groups in total. The Hall–Kier alpha value is -1.85. The normalized spacial score (nSPS) is 10.9. The highest BCUT2D eigenvalue weighted by atomic mass is 35.5. The summed E-state index contributed by atoms with van der Waals surface area (Å²) >= 11 is 5.85. The van der Waals surface area contributed by atoms with Gasteiger partial charge in [0.05, 0.1) is 5.69 Å². The number of benzene rings is 1. The number of rotatable bonds is 6. The third kappa shape index (κ3) is 4.58. The summed E-state index contributed by atoms with van der Waals surface area (Å²) in [6.45, 7) is 1.59. The smallest absolute Gasteiger partial charge is 0.269 e. The molecule has 6 heteroatoms. The highest BCUT2D eigenvalue weighted by Crippen LogP contribution is 2.20. The zero-order valence-electron chi connectivity index (χ0n) is 12.2. The van der Waals surface area contributed by atoms with Crippen LogP contribution in [0.1, 0.15) is 16.9 Å². The lowest BCUT2D eigenvalue weighted by Crippen LogP contribution is -2.27. The standard InChI is InChI=1S/C15H19ClN4O/c1-20(2)9-3-8-17-15(21)14-10-13(18-19-14)11-4-6-12(16)7-5-11/h4-7,10H,3,8-9H2,1-2H3,(H,17,21)(H,18,19). The summed E-state index contributed by atoms with van der Waals surface area (Å²) in [5.41, 5.74) is 2.11. The molecule has 1 heterocycles. The molecule has 0 unspecified atom stereocenters. The van der Waals surface area contributed by atoms with Gasteiger partial charge in [-0.3, -0.25) is 9.89 Å². The van der Waals surface area contributed by atoms with E-state index >= 15 is 0 Å². The number of carbonyl (C=O) groups excluding carboxylic acids is 1. The average Bonchev–Trinajstić information content (AvgIpc) is 2.94. The molecule has 0 aliphatic carbocycles. The van der Waals surface area contributed by atoms with E-state index in [0.29, 0.717) is 17.3 Å². The van der Waals surface area contributed by atoms with Crippen molar-refractivity contribution in [1.29, 1.82) is 0 Å². The van der Waals surface area contributed by atoms with Crippen LogP contribution >= 0.6 is 11.6 Å². The van der Waals surface area contributed by atoms with Crippen molar-refractivity contribution >= 4 is 17.5 Å². The minimum Gasteiger partial charge on any atom is -0.351 e. The number of amides is 1. The maximum absolute atomic E-state index is 12.0. The van der Waals surface area contributed by atoms with Crippen molar-refractivity contribution in [2.45, 2.75) is 6.42 Å². The Morgan fingerprint density at radius 1 is 1.33 bits per heavy atom. The van der Waals surface area contributed by atoms with Crippen LogP contribution in [0.4, 0.5) is 0 Å². The summed E-state index contributed by atoms with van der Waals surface area (Å²) in [4.78, 5) is 14.1. The monoisotopic (exact) mass is 306 g/mol. The van der Waals surface area contributed by atoms with Gasteiger partial charge in [0, 0.05) is 17.1 Å². The third-order valence-corrected chi connectivity index (χ3v) is 3.28. The van der Waals surface area contributed by atoms with Gasteiger partial charge in [-0.25, -0.2) is 0 Å². The molecule has 0 fully saturated rings. The Balaban J connectivity index is 1.93. The topological polar surface area (TPSA) is 61.0 Å². The zero-order chi connectivity index (χ0) is 15.2. The Morgan fingerprint density at radius 3 is 2.71 bits per heavy atom. The van der Waals surface area contributed by atoms with Gasteiger partial charge in [-0.1, -0.05) is 23.7 Å². The van der Waals surface area contributed by atoms with Crippen LogP contribution in [0.2, 0.25) is 5.02 Å². The van der Waals surface area contributed by atoms with Gasteiger partial charge >= 0.3 is 0 Å². The summed E-state index contributed by atoms with van der Waals surface area (Å²) < 4.78 is 0. The molecule has 0 saturated carbocycles. The fourth-order valence-electron chi connectivity index (χ4n) is 1.90. The van der Waals surface area contributed by atoms with Crippen LogP contribution < -0.4 is 5.32 Å². The molecule has 1 aromatic carbocycles. The molecule has 0 aliphatic rings. The van der Waals surface area contributed by atoms with Crippen molar-refractivity contribution < 1.29 is 4.79 Å². The van der Waals surface area contributed by atoms with E-state index in [2.05, 4.69) is 20.4 Å². The van der Waals surface area contributed by atoms with Crippen LogP contribution in [-0.2, 0) is 0 Å². The number of aromatic amines is 1. The molecule has 1 aromatic heterocycles. The number of carbonyl (C=O) groups is 1. The number of hydrogen-bond donors (Lipinski definition) is 2. The second-order valence-corrected chi connectivity index (χ2v) is 5.52. The Morgan fingerprint density at radius 2 is 2.05 bits per heavy atom.